The monoisotopic (exact) mass is 350 g/mol. The minimum Gasteiger partial charge on any atom is -0.455 e. The lowest BCUT2D eigenvalue weighted by Gasteiger charge is -2.05. The van der Waals surface area contributed by atoms with Crippen molar-refractivity contribution in [2.45, 2.75) is 20.5 Å². The first-order chi connectivity index (χ1) is 12.5. The van der Waals surface area contributed by atoms with Gasteiger partial charge in [0.25, 0.3) is 0 Å². The van der Waals surface area contributed by atoms with E-state index in [9.17, 15) is 9.59 Å². The second-order valence-electron chi connectivity index (χ2n) is 5.85. The highest BCUT2D eigenvalue weighted by atomic mass is 16.5. The molecule has 0 aliphatic heterocycles. The number of rotatable bonds is 5. The highest BCUT2D eigenvalue weighted by Crippen LogP contribution is 2.20. The summed E-state index contributed by atoms with van der Waals surface area (Å²) in [4.78, 5) is 27.6. The van der Waals surface area contributed by atoms with E-state index in [-0.39, 0.29) is 12.5 Å². The van der Waals surface area contributed by atoms with Crippen LogP contribution in [0.4, 0.5) is 5.69 Å². The standard InChI is InChI=1S/C20H18N2O4/c1-13-6-8-15(9-7-13)19-22-18(11-25-19)12-26-20(24)16-4-3-5-17(10-16)21-14(2)23/h3-11H,12H2,1-2H3,(H,21,23). The van der Waals surface area contributed by atoms with Gasteiger partial charge in [0.1, 0.15) is 18.6 Å². The maximum atomic E-state index is 12.2. The summed E-state index contributed by atoms with van der Waals surface area (Å²) in [5.74, 6) is -0.234. The number of esters is 1. The molecule has 0 spiro atoms. The number of hydrogen-bond acceptors (Lipinski definition) is 5. The number of carbonyl (C=O) groups is 2. The van der Waals surface area contributed by atoms with E-state index in [0.29, 0.717) is 22.8 Å². The molecule has 3 rings (SSSR count). The molecule has 132 valence electrons. The molecule has 6 heteroatoms. The Bertz CT molecular complexity index is 929. The van der Waals surface area contributed by atoms with E-state index in [4.69, 9.17) is 9.15 Å². The van der Waals surface area contributed by atoms with Crippen LogP contribution in [0.2, 0.25) is 0 Å². The van der Waals surface area contributed by atoms with Crippen LogP contribution in [0.25, 0.3) is 11.5 Å². The average molecular weight is 350 g/mol. The normalized spacial score (nSPS) is 10.4. The second kappa shape index (κ2) is 7.65. The summed E-state index contributed by atoms with van der Waals surface area (Å²) in [6.45, 7) is 3.41. The Morgan fingerprint density at radius 3 is 2.65 bits per heavy atom. The maximum Gasteiger partial charge on any atom is 0.338 e. The number of benzene rings is 2. The first-order valence-electron chi connectivity index (χ1n) is 8.07. The molecule has 0 bridgehead atoms. The Hall–Kier alpha value is -3.41. The Morgan fingerprint density at radius 2 is 1.92 bits per heavy atom. The summed E-state index contributed by atoms with van der Waals surface area (Å²) in [6, 6.07) is 14.3. The molecular formula is C20H18N2O4. The van der Waals surface area contributed by atoms with Crippen LogP contribution in [0.3, 0.4) is 0 Å². The molecule has 1 aromatic heterocycles. The van der Waals surface area contributed by atoms with Gasteiger partial charge in [-0.25, -0.2) is 9.78 Å². The number of amides is 1. The average Bonchev–Trinajstić information content (AvgIpc) is 3.09. The largest absolute Gasteiger partial charge is 0.455 e. The third kappa shape index (κ3) is 4.36. The Balaban J connectivity index is 1.63. The summed E-state index contributed by atoms with van der Waals surface area (Å²) >= 11 is 0. The van der Waals surface area contributed by atoms with Gasteiger partial charge in [0.15, 0.2) is 0 Å². The number of nitrogens with one attached hydrogen (secondary N) is 1. The van der Waals surface area contributed by atoms with Crippen LogP contribution in [0.1, 0.15) is 28.5 Å². The summed E-state index contributed by atoms with van der Waals surface area (Å²) in [5.41, 5.74) is 3.41. The van der Waals surface area contributed by atoms with Crippen molar-refractivity contribution < 1.29 is 18.7 Å². The number of ether oxygens (including phenoxy) is 1. The van der Waals surface area contributed by atoms with Crippen molar-refractivity contribution in [3.8, 4) is 11.5 Å². The highest BCUT2D eigenvalue weighted by molar-refractivity contribution is 5.93. The van der Waals surface area contributed by atoms with Crippen molar-refractivity contribution in [1.29, 1.82) is 0 Å². The predicted molar refractivity (Wildman–Crippen MR) is 96.5 cm³/mol. The van der Waals surface area contributed by atoms with Crippen molar-refractivity contribution in [1.82, 2.24) is 4.98 Å². The van der Waals surface area contributed by atoms with Crippen molar-refractivity contribution in [3.05, 3.63) is 71.6 Å². The van der Waals surface area contributed by atoms with E-state index in [0.717, 1.165) is 11.1 Å². The van der Waals surface area contributed by atoms with Crippen LogP contribution in [-0.4, -0.2) is 16.9 Å². The lowest BCUT2D eigenvalue weighted by Crippen LogP contribution is -2.09. The van der Waals surface area contributed by atoms with Gasteiger partial charge >= 0.3 is 5.97 Å². The Morgan fingerprint density at radius 1 is 1.15 bits per heavy atom. The molecule has 3 aromatic rings. The SMILES string of the molecule is CC(=O)Nc1cccc(C(=O)OCc2coc(-c3ccc(C)cc3)n2)c1. The van der Waals surface area contributed by atoms with Crippen molar-refractivity contribution in [3.63, 3.8) is 0 Å². The predicted octanol–water partition coefficient (Wildman–Crippen LogP) is 3.97. The van der Waals surface area contributed by atoms with Gasteiger partial charge in [-0.2, -0.15) is 0 Å². The molecule has 0 aliphatic carbocycles. The molecule has 1 heterocycles. The summed E-state index contributed by atoms with van der Waals surface area (Å²) in [6.07, 6.45) is 1.47. The molecule has 0 saturated carbocycles. The summed E-state index contributed by atoms with van der Waals surface area (Å²) in [7, 11) is 0. The molecular weight excluding hydrogens is 332 g/mol. The lowest BCUT2D eigenvalue weighted by molar-refractivity contribution is -0.114. The van der Waals surface area contributed by atoms with Gasteiger partial charge in [-0.15, -0.1) is 0 Å². The maximum absolute atomic E-state index is 12.2. The molecule has 0 fully saturated rings. The van der Waals surface area contributed by atoms with Gasteiger partial charge in [-0.05, 0) is 37.3 Å². The van der Waals surface area contributed by atoms with E-state index < -0.39 is 5.97 Å². The van der Waals surface area contributed by atoms with E-state index in [1.54, 1.807) is 24.3 Å². The van der Waals surface area contributed by atoms with Crippen LogP contribution in [0.5, 0.6) is 0 Å². The number of oxazole rings is 1. The highest BCUT2D eigenvalue weighted by Gasteiger charge is 2.11. The van der Waals surface area contributed by atoms with E-state index >= 15 is 0 Å². The van der Waals surface area contributed by atoms with Gasteiger partial charge in [-0.1, -0.05) is 23.8 Å². The molecule has 0 unspecified atom stereocenters. The van der Waals surface area contributed by atoms with Crippen LogP contribution in [0.15, 0.2) is 59.2 Å². The number of nitrogens with zero attached hydrogens (tertiary/aromatic N) is 1. The molecule has 0 atom stereocenters. The molecule has 1 N–H and O–H groups in total. The fraction of sp³-hybridized carbons (Fsp3) is 0.150. The molecule has 2 aromatic carbocycles. The van der Waals surface area contributed by atoms with E-state index in [1.165, 1.54) is 13.2 Å². The zero-order chi connectivity index (χ0) is 18.5. The molecule has 0 aliphatic rings. The van der Waals surface area contributed by atoms with E-state index in [2.05, 4.69) is 10.3 Å². The Kier molecular flexibility index (Phi) is 5.12. The minimum absolute atomic E-state index is 0.00143. The van der Waals surface area contributed by atoms with Crippen LogP contribution in [0, 0.1) is 6.92 Å². The summed E-state index contributed by atoms with van der Waals surface area (Å²) < 4.78 is 10.7. The smallest absolute Gasteiger partial charge is 0.338 e. The topological polar surface area (TPSA) is 81.4 Å². The Labute approximate surface area is 150 Å². The van der Waals surface area contributed by atoms with Crippen molar-refractivity contribution >= 4 is 17.6 Å². The second-order valence-corrected chi connectivity index (χ2v) is 5.85. The zero-order valence-corrected chi connectivity index (χ0v) is 14.5. The summed E-state index contributed by atoms with van der Waals surface area (Å²) in [5, 5.41) is 2.63. The number of aromatic nitrogens is 1. The molecule has 1 amide bonds. The van der Waals surface area contributed by atoms with Gasteiger partial charge in [-0.3, -0.25) is 4.79 Å². The fourth-order valence-electron chi connectivity index (χ4n) is 2.35. The molecule has 0 saturated heterocycles. The molecule has 6 nitrogen and oxygen atoms in total. The van der Waals surface area contributed by atoms with Crippen LogP contribution < -0.4 is 5.32 Å². The zero-order valence-electron chi connectivity index (χ0n) is 14.5. The van der Waals surface area contributed by atoms with Gasteiger partial charge in [0.2, 0.25) is 11.8 Å². The lowest BCUT2D eigenvalue weighted by atomic mass is 10.1. The number of aryl methyl sites for hydroxylation is 1. The van der Waals surface area contributed by atoms with Crippen molar-refractivity contribution in [2.24, 2.45) is 0 Å². The number of hydrogen-bond donors (Lipinski definition) is 1. The third-order valence-electron chi connectivity index (χ3n) is 3.62. The first-order valence-corrected chi connectivity index (χ1v) is 8.07. The first kappa shape index (κ1) is 17.4. The van der Waals surface area contributed by atoms with Crippen molar-refractivity contribution in [2.75, 3.05) is 5.32 Å². The van der Waals surface area contributed by atoms with Gasteiger partial charge < -0.3 is 14.5 Å². The number of anilines is 1. The third-order valence-corrected chi connectivity index (χ3v) is 3.62. The molecule has 0 radical (unpaired) electrons. The van der Waals surface area contributed by atoms with Crippen LogP contribution >= 0.6 is 0 Å². The van der Waals surface area contributed by atoms with Gasteiger partial charge in [0.05, 0.1) is 5.56 Å². The number of carbonyl (C=O) groups excluding carboxylic acids is 2. The quantitative estimate of drug-likeness (QED) is 0.704. The molecule has 26 heavy (non-hydrogen) atoms. The van der Waals surface area contributed by atoms with Crippen LogP contribution in [-0.2, 0) is 16.1 Å². The minimum atomic E-state index is -0.503. The van der Waals surface area contributed by atoms with E-state index in [1.807, 2.05) is 31.2 Å². The fourth-order valence-corrected chi connectivity index (χ4v) is 2.35. The van der Waals surface area contributed by atoms with Gasteiger partial charge in [0, 0.05) is 18.2 Å².